The Balaban J connectivity index is 1.51. The summed E-state index contributed by atoms with van der Waals surface area (Å²) in [5, 5.41) is 4.62. The van der Waals surface area contributed by atoms with Crippen LogP contribution in [0.2, 0.25) is 5.02 Å². The van der Waals surface area contributed by atoms with Crippen LogP contribution in [0.3, 0.4) is 0 Å². The zero-order valence-corrected chi connectivity index (χ0v) is 21.7. The lowest BCUT2D eigenvalue weighted by molar-refractivity contribution is -0.166. The maximum Gasteiger partial charge on any atom is 0.345 e. The fourth-order valence-electron chi connectivity index (χ4n) is 4.52. The van der Waals surface area contributed by atoms with E-state index >= 15 is 0 Å². The second kappa shape index (κ2) is 11.8. The highest BCUT2D eigenvalue weighted by Crippen LogP contribution is 2.35. The fraction of sp³-hybridized carbons (Fsp3) is 0.296. The molecule has 5 rings (SSSR count). The Hall–Kier alpha value is -3.74. The van der Waals surface area contributed by atoms with Gasteiger partial charge in [-0.25, -0.2) is 18.4 Å². The van der Waals surface area contributed by atoms with E-state index in [0.29, 0.717) is 28.0 Å². The zero-order valence-electron chi connectivity index (χ0n) is 22.0. The number of hydrogen-bond acceptors (Lipinski definition) is 6. The molecule has 0 N–H and O–H groups in total. The Morgan fingerprint density at radius 1 is 1.27 bits per heavy atom. The third-order valence-electron chi connectivity index (χ3n) is 6.26. The number of pyridine rings is 1. The number of amides is 1. The molecule has 1 unspecified atom stereocenters. The van der Waals surface area contributed by atoms with Crippen LogP contribution in [0.4, 0.5) is 17.6 Å². The van der Waals surface area contributed by atoms with Gasteiger partial charge in [-0.2, -0.15) is 13.9 Å². The van der Waals surface area contributed by atoms with Crippen LogP contribution in [0.25, 0.3) is 16.6 Å². The molecule has 0 aliphatic carbocycles. The van der Waals surface area contributed by atoms with E-state index in [2.05, 4.69) is 14.8 Å². The average molecular weight is 580 g/mol. The summed E-state index contributed by atoms with van der Waals surface area (Å²) >= 11 is 6.44. The summed E-state index contributed by atoms with van der Waals surface area (Å²) in [4.78, 5) is 18.5. The van der Waals surface area contributed by atoms with E-state index in [1.54, 1.807) is 31.2 Å². The van der Waals surface area contributed by atoms with Crippen molar-refractivity contribution in [3.63, 3.8) is 0 Å². The van der Waals surface area contributed by atoms with Crippen LogP contribution in [0.5, 0.6) is 5.75 Å². The largest absolute Gasteiger partial charge is 0.487 e. The van der Waals surface area contributed by atoms with Crippen LogP contribution in [0.15, 0.2) is 48.8 Å². The number of fused-ring (bicyclic) bond motifs is 1. The van der Waals surface area contributed by atoms with Gasteiger partial charge in [0.1, 0.15) is 30.3 Å². The third-order valence-corrected chi connectivity index (χ3v) is 6.59. The van der Waals surface area contributed by atoms with Crippen LogP contribution < -0.4 is 4.74 Å². The molecule has 1 saturated heterocycles. The number of aryl methyl sites for hydroxylation is 1. The lowest BCUT2D eigenvalue weighted by atomic mass is 9.98. The smallest absolute Gasteiger partial charge is 0.345 e. The lowest BCUT2D eigenvalue weighted by Gasteiger charge is -2.37. The number of alkyl halides is 2. The average Bonchev–Trinajstić information content (AvgIpc) is 3.36. The van der Waals surface area contributed by atoms with Crippen molar-refractivity contribution in [1.82, 2.24) is 19.7 Å². The number of rotatable bonds is 8. The molecule has 1 fully saturated rings. The molecule has 1 aliphatic rings. The van der Waals surface area contributed by atoms with Gasteiger partial charge in [-0.05, 0) is 36.8 Å². The Morgan fingerprint density at radius 3 is 2.85 bits per heavy atom. The molecule has 1 amide bonds. The van der Waals surface area contributed by atoms with Crippen molar-refractivity contribution in [2.24, 2.45) is 0 Å². The first kappa shape index (κ1) is 26.5. The van der Waals surface area contributed by atoms with E-state index in [0.717, 1.165) is 23.2 Å². The Kier molecular flexibility index (Phi) is 7.80. The molecule has 40 heavy (non-hydrogen) atoms. The predicted octanol–water partition coefficient (Wildman–Crippen LogP) is 5.38. The first-order valence-electron chi connectivity index (χ1n) is 12.6. The van der Waals surface area contributed by atoms with E-state index in [1.807, 2.05) is 0 Å². The normalized spacial score (nSPS) is 17.9. The van der Waals surface area contributed by atoms with Gasteiger partial charge < -0.3 is 19.1 Å². The van der Waals surface area contributed by atoms with Crippen LogP contribution in [-0.2, 0) is 20.9 Å². The summed E-state index contributed by atoms with van der Waals surface area (Å²) in [6.45, 7) is -3.99. The number of hydrogen-bond donors (Lipinski definition) is 0. The molecule has 0 saturated carbocycles. The maximum absolute atomic E-state index is 14.6. The first-order chi connectivity index (χ1) is 19.6. The minimum Gasteiger partial charge on any atom is -0.487 e. The highest BCUT2D eigenvalue weighted by molar-refractivity contribution is 6.31. The van der Waals surface area contributed by atoms with Gasteiger partial charge in [-0.1, -0.05) is 23.7 Å². The number of para-hydroxylation sites is 1. The quantitative estimate of drug-likeness (QED) is 0.261. The number of halogens is 5. The molecule has 2 atom stereocenters. The molecule has 210 valence electrons. The second-order valence-corrected chi connectivity index (χ2v) is 9.30. The summed E-state index contributed by atoms with van der Waals surface area (Å²) in [7, 11) is 0. The van der Waals surface area contributed by atoms with Crippen molar-refractivity contribution in [3.8, 4) is 11.4 Å². The second-order valence-electron chi connectivity index (χ2n) is 8.89. The summed E-state index contributed by atoms with van der Waals surface area (Å²) in [6, 6.07) is 7.88. The van der Waals surface area contributed by atoms with Crippen LogP contribution in [0, 0.1) is 18.6 Å². The molecule has 2 aromatic heterocycles. The van der Waals surface area contributed by atoms with Crippen molar-refractivity contribution in [1.29, 1.82) is 0 Å². The molecule has 0 radical (unpaired) electrons. The van der Waals surface area contributed by atoms with Gasteiger partial charge in [0.05, 0.1) is 43.7 Å². The monoisotopic (exact) mass is 579 g/mol. The number of aromatic nitrogens is 3. The van der Waals surface area contributed by atoms with Crippen molar-refractivity contribution in [2.45, 2.75) is 26.2 Å². The molecule has 2 aromatic carbocycles. The van der Waals surface area contributed by atoms with E-state index < -0.39 is 43.4 Å². The summed E-state index contributed by atoms with van der Waals surface area (Å²) < 4.78 is 79.0. The van der Waals surface area contributed by atoms with E-state index in [9.17, 15) is 22.4 Å². The van der Waals surface area contributed by atoms with Gasteiger partial charge in [0, 0.05) is 23.2 Å². The van der Waals surface area contributed by atoms with Crippen LogP contribution >= 0.6 is 11.6 Å². The summed E-state index contributed by atoms with van der Waals surface area (Å²) in [6.07, 6.45) is 2.32. The third kappa shape index (κ3) is 5.88. The topological polar surface area (TPSA) is 78.7 Å². The van der Waals surface area contributed by atoms with Gasteiger partial charge in [0.2, 0.25) is 5.91 Å². The van der Waals surface area contributed by atoms with Crippen LogP contribution in [0.1, 0.15) is 24.2 Å². The Labute approximate surface area is 232 Å². The molecule has 0 spiro atoms. The first-order valence-corrected chi connectivity index (χ1v) is 12.4. The van der Waals surface area contributed by atoms with Gasteiger partial charge in [-0.15, -0.1) is 0 Å². The van der Waals surface area contributed by atoms with Crippen molar-refractivity contribution in [2.75, 3.05) is 26.3 Å². The van der Waals surface area contributed by atoms with E-state index in [4.69, 9.17) is 22.4 Å². The van der Waals surface area contributed by atoms with Gasteiger partial charge in [0.15, 0.2) is 5.82 Å². The van der Waals surface area contributed by atoms with Crippen molar-refractivity contribution >= 4 is 28.4 Å². The Morgan fingerprint density at radius 2 is 2.10 bits per heavy atom. The van der Waals surface area contributed by atoms with E-state index in [1.165, 1.54) is 10.9 Å². The molecule has 0 bridgehead atoms. The summed E-state index contributed by atoms with van der Waals surface area (Å²) in [5.41, 5.74) is 2.00. The molecular weight excluding hydrogens is 556 g/mol. The molecule has 8 nitrogen and oxygen atoms in total. The summed E-state index contributed by atoms with van der Waals surface area (Å²) in [5.74, 6) is -1.74. The lowest BCUT2D eigenvalue weighted by Crippen LogP contribution is -2.45. The maximum atomic E-state index is 14.6. The standard InChI is InChI=1S/C27H23ClF4N4O4/c1-15-7-22(36-11-17(30)10-33-36)18-3-2-4-24(26(18)34-15)39-12-20-19(8-16(29)9-21(20)28)23-13-38-6-5-35(23)25(37)14-40-27(31)32/h2-4,7-11,23,27H,5-6,12-14H2,1H3/t23-/m0/s1/i13D/t13?,23-. The Bertz CT molecular complexity index is 1590. The number of morpholine rings is 1. The number of nitrogens with zero attached hydrogens (tertiary/aromatic N) is 4. The molecular formula is C27H23ClF4N4O4. The number of benzene rings is 2. The predicted molar refractivity (Wildman–Crippen MR) is 137 cm³/mol. The van der Waals surface area contributed by atoms with Crippen LogP contribution in [-0.4, -0.2) is 58.5 Å². The van der Waals surface area contributed by atoms with Crippen molar-refractivity contribution < 1.29 is 37.9 Å². The van der Waals surface area contributed by atoms with Crippen molar-refractivity contribution in [3.05, 3.63) is 82.3 Å². The number of carbonyl (C=O) groups is 1. The molecule has 4 aromatic rings. The van der Waals surface area contributed by atoms with Gasteiger partial charge in [-0.3, -0.25) is 4.79 Å². The SMILES string of the molecule is [2H]C1OCCN(C(=O)COC(F)F)[C@@H]1c1cc(F)cc(Cl)c1COc1cccc2c(-n3cc(F)cn3)cc(C)nc12. The van der Waals surface area contributed by atoms with E-state index in [-0.39, 0.29) is 35.9 Å². The molecule has 13 heteroatoms. The number of carbonyl (C=O) groups excluding carboxylic acids is 1. The van der Waals surface area contributed by atoms with Gasteiger partial charge >= 0.3 is 6.61 Å². The minimum absolute atomic E-state index is 0.0243. The number of ether oxygens (including phenoxy) is 3. The zero-order chi connectivity index (χ0) is 29.3. The van der Waals surface area contributed by atoms with Gasteiger partial charge in [0.25, 0.3) is 0 Å². The highest BCUT2D eigenvalue weighted by Gasteiger charge is 2.32. The molecule has 1 aliphatic heterocycles. The highest BCUT2D eigenvalue weighted by atomic mass is 35.5. The minimum atomic E-state index is -3.16. The molecule has 3 heterocycles. The fourth-order valence-corrected chi connectivity index (χ4v) is 4.79.